The number of ketones is 2. The maximum atomic E-state index is 12.2. The van der Waals surface area contributed by atoms with Crippen LogP contribution in [0.3, 0.4) is 0 Å². The van der Waals surface area contributed by atoms with Crippen molar-refractivity contribution in [1.82, 2.24) is 0 Å². The van der Waals surface area contributed by atoms with E-state index in [2.05, 4.69) is 13.8 Å². The van der Waals surface area contributed by atoms with Crippen molar-refractivity contribution < 1.29 is 19.4 Å². The predicted octanol–water partition coefficient (Wildman–Crippen LogP) is 5.31. The Bertz CT molecular complexity index is 653. The van der Waals surface area contributed by atoms with Crippen LogP contribution in [0.25, 0.3) is 0 Å². The first-order chi connectivity index (χ1) is 14.3. The molecule has 170 valence electrons. The highest BCUT2D eigenvalue weighted by Gasteiger charge is 2.60. The zero-order valence-electron chi connectivity index (χ0n) is 19.3. The molecule has 4 saturated carbocycles. The Kier molecular flexibility index (Phi) is 6.48. The summed E-state index contributed by atoms with van der Waals surface area (Å²) in [6.45, 7) is 7.48. The second kappa shape index (κ2) is 8.65. The van der Waals surface area contributed by atoms with Crippen molar-refractivity contribution in [3.63, 3.8) is 0 Å². The van der Waals surface area contributed by atoms with Gasteiger partial charge in [0.2, 0.25) is 0 Å². The third-order valence-corrected chi connectivity index (χ3v) is 10.1. The second-order valence-corrected chi connectivity index (χ2v) is 11.5. The van der Waals surface area contributed by atoms with Crippen LogP contribution >= 0.6 is 0 Å². The fourth-order valence-corrected chi connectivity index (χ4v) is 8.44. The summed E-state index contributed by atoms with van der Waals surface area (Å²) >= 11 is 0. The smallest absolute Gasteiger partial charge is 0.154 e. The molecule has 0 bridgehead atoms. The highest BCUT2D eigenvalue weighted by molar-refractivity contribution is 5.80. The maximum absolute atomic E-state index is 12.2. The lowest BCUT2D eigenvalue weighted by atomic mass is 9.44. The molecule has 0 aromatic carbocycles. The van der Waals surface area contributed by atoms with Crippen LogP contribution in [-0.2, 0) is 14.3 Å². The molecule has 0 aromatic heterocycles. The van der Waals surface area contributed by atoms with Crippen molar-refractivity contribution in [2.75, 3.05) is 6.61 Å². The molecule has 1 N–H and O–H groups in total. The van der Waals surface area contributed by atoms with Crippen molar-refractivity contribution in [3.05, 3.63) is 0 Å². The van der Waals surface area contributed by atoms with Crippen molar-refractivity contribution >= 4 is 11.6 Å². The molecule has 1 saturated heterocycles. The molecule has 8 atom stereocenters. The number of Topliss-reactive ketones (excluding diaryl/α,β-unsaturated/α-hetero) is 2. The van der Waals surface area contributed by atoms with Crippen molar-refractivity contribution in [2.45, 2.75) is 104 Å². The quantitative estimate of drug-likeness (QED) is 0.627. The van der Waals surface area contributed by atoms with Gasteiger partial charge in [-0.25, -0.2) is 0 Å². The molecular weight excluding hydrogens is 376 g/mol. The van der Waals surface area contributed by atoms with Crippen molar-refractivity contribution in [1.29, 1.82) is 0 Å². The number of aliphatic hydroxyl groups excluding tert-OH is 1. The number of rotatable bonds is 1. The summed E-state index contributed by atoms with van der Waals surface area (Å²) < 4.78 is 4.83. The van der Waals surface area contributed by atoms with Crippen LogP contribution in [0.1, 0.15) is 97.8 Å². The van der Waals surface area contributed by atoms with E-state index in [0.29, 0.717) is 28.8 Å². The molecule has 0 aromatic rings. The molecular formula is C26H42O4. The average Bonchev–Trinajstić information content (AvgIpc) is 3.07. The second-order valence-electron chi connectivity index (χ2n) is 11.5. The number of carbonyl (C=O) groups is 2. The van der Waals surface area contributed by atoms with E-state index in [1.54, 1.807) is 0 Å². The number of carbonyl (C=O) groups excluding carboxylic acids is 2. The lowest BCUT2D eigenvalue weighted by Gasteiger charge is -2.60. The van der Waals surface area contributed by atoms with Gasteiger partial charge in [0.1, 0.15) is 11.6 Å². The van der Waals surface area contributed by atoms with E-state index in [9.17, 15) is 9.59 Å². The highest BCUT2D eigenvalue weighted by Crippen LogP contribution is 2.67. The molecule has 8 unspecified atom stereocenters. The summed E-state index contributed by atoms with van der Waals surface area (Å²) in [6.07, 6.45) is 12.8. The van der Waals surface area contributed by atoms with Gasteiger partial charge < -0.3 is 9.84 Å². The monoisotopic (exact) mass is 418 g/mol. The Morgan fingerprint density at radius 3 is 2.37 bits per heavy atom. The summed E-state index contributed by atoms with van der Waals surface area (Å²) in [7, 11) is 0. The van der Waals surface area contributed by atoms with Crippen LogP contribution in [0.5, 0.6) is 0 Å². The van der Waals surface area contributed by atoms with Gasteiger partial charge in [0, 0.05) is 25.4 Å². The number of hydrogen-bond acceptors (Lipinski definition) is 4. The lowest BCUT2D eigenvalue weighted by Crippen LogP contribution is -2.53. The van der Waals surface area contributed by atoms with Gasteiger partial charge in [-0.3, -0.25) is 9.59 Å². The predicted molar refractivity (Wildman–Crippen MR) is 117 cm³/mol. The molecule has 1 heterocycles. The summed E-state index contributed by atoms with van der Waals surface area (Å²) in [6, 6.07) is 0. The molecule has 0 amide bonds. The van der Waals surface area contributed by atoms with Gasteiger partial charge in [-0.05, 0) is 106 Å². The van der Waals surface area contributed by atoms with E-state index in [0.717, 1.165) is 69.3 Å². The van der Waals surface area contributed by atoms with E-state index in [1.807, 2.05) is 6.92 Å². The molecule has 30 heavy (non-hydrogen) atoms. The van der Waals surface area contributed by atoms with E-state index in [-0.39, 0.29) is 5.41 Å². The fourth-order valence-electron chi connectivity index (χ4n) is 8.44. The number of ether oxygens (including phenoxy) is 1. The van der Waals surface area contributed by atoms with Crippen LogP contribution in [0.4, 0.5) is 0 Å². The lowest BCUT2D eigenvalue weighted by molar-refractivity contribution is -0.143. The molecule has 4 heteroatoms. The Morgan fingerprint density at radius 1 is 0.967 bits per heavy atom. The fraction of sp³-hybridized carbons (Fsp3) is 0.923. The standard InChI is InChI=1S/C21H32O2.C5H10O2/c1-13(22)17-6-7-18-16-5-4-14-12-15(23)8-10-20(14,2)19(16)9-11-21(17,18)3;6-5-3-1-2-4-7-5/h14,16-19H,4-12H2,1-3H3;5-6H,1-4H2. The highest BCUT2D eigenvalue weighted by atomic mass is 16.6. The number of fused-ring (bicyclic) bond motifs is 5. The van der Waals surface area contributed by atoms with Crippen LogP contribution in [0.2, 0.25) is 0 Å². The van der Waals surface area contributed by atoms with E-state index in [4.69, 9.17) is 9.84 Å². The third-order valence-electron chi connectivity index (χ3n) is 10.1. The zero-order valence-corrected chi connectivity index (χ0v) is 19.3. The largest absolute Gasteiger partial charge is 0.368 e. The van der Waals surface area contributed by atoms with Gasteiger partial charge in [0.05, 0.1) is 0 Å². The third kappa shape index (κ3) is 3.92. The SMILES string of the molecule is CC(=O)C1CCC2C3CCC4CC(=O)CCC4(C)C3CCC12C.OC1CCCCO1. The molecule has 4 nitrogen and oxygen atoms in total. The minimum Gasteiger partial charge on any atom is -0.368 e. The van der Waals surface area contributed by atoms with Crippen molar-refractivity contribution in [3.8, 4) is 0 Å². The Labute approximate surface area is 182 Å². The number of aliphatic hydroxyl groups is 1. The van der Waals surface area contributed by atoms with Gasteiger partial charge in [-0.2, -0.15) is 0 Å². The van der Waals surface area contributed by atoms with Gasteiger partial charge >= 0.3 is 0 Å². The van der Waals surface area contributed by atoms with Gasteiger partial charge in [0.25, 0.3) is 0 Å². The first-order valence-electron chi connectivity index (χ1n) is 12.6. The van der Waals surface area contributed by atoms with Crippen LogP contribution < -0.4 is 0 Å². The van der Waals surface area contributed by atoms with Gasteiger partial charge in [-0.15, -0.1) is 0 Å². The summed E-state index contributed by atoms with van der Waals surface area (Å²) in [5.74, 6) is 4.25. The van der Waals surface area contributed by atoms with E-state index < -0.39 is 6.29 Å². The van der Waals surface area contributed by atoms with E-state index in [1.165, 1.54) is 32.1 Å². The van der Waals surface area contributed by atoms with Crippen molar-refractivity contribution in [2.24, 2.45) is 40.4 Å². The summed E-state index contributed by atoms with van der Waals surface area (Å²) in [5, 5.41) is 8.69. The van der Waals surface area contributed by atoms with Crippen LogP contribution in [0, 0.1) is 40.4 Å². The first kappa shape index (κ1) is 22.5. The Hall–Kier alpha value is -0.740. The Morgan fingerprint density at radius 2 is 1.73 bits per heavy atom. The topological polar surface area (TPSA) is 63.6 Å². The minimum absolute atomic E-state index is 0.265. The molecule has 4 aliphatic carbocycles. The normalized spacial score (nSPS) is 47.9. The zero-order chi connectivity index (χ0) is 21.5. The summed E-state index contributed by atoms with van der Waals surface area (Å²) in [5.41, 5.74) is 0.660. The van der Waals surface area contributed by atoms with Crippen LogP contribution in [0.15, 0.2) is 0 Å². The maximum Gasteiger partial charge on any atom is 0.154 e. The first-order valence-corrected chi connectivity index (χ1v) is 12.6. The molecule has 0 spiro atoms. The van der Waals surface area contributed by atoms with Crippen LogP contribution in [-0.4, -0.2) is 29.6 Å². The Balaban J connectivity index is 0.000000265. The molecule has 5 aliphatic rings. The van der Waals surface area contributed by atoms with Gasteiger partial charge in [0.15, 0.2) is 6.29 Å². The average molecular weight is 419 g/mol. The molecule has 5 rings (SSSR count). The van der Waals surface area contributed by atoms with E-state index >= 15 is 0 Å². The molecule has 1 aliphatic heterocycles. The van der Waals surface area contributed by atoms with Gasteiger partial charge in [-0.1, -0.05) is 13.8 Å². The minimum atomic E-state index is -0.464. The summed E-state index contributed by atoms with van der Waals surface area (Å²) in [4.78, 5) is 24.1. The molecule has 5 fully saturated rings. The molecule has 0 radical (unpaired) electrons. The number of hydrogen-bond donors (Lipinski definition) is 1.